The molecule has 0 amide bonds. The van der Waals surface area contributed by atoms with Crippen LogP contribution in [0.1, 0.15) is 0 Å². The van der Waals surface area contributed by atoms with Crippen LogP contribution in [0.4, 0.5) is 0 Å². The number of hydrogen-bond donors (Lipinski definition) is 0. The number of thiazole rings is 1. The van der Waals surface area contributed by atoms with Gasteiger partial charge in [-0.05, 0) is 18.2 Å². The molecule has 1 fully saturated rings. The van der Waals surface area contributed by atoms with Crippen molar-refractivity contribution in [3.05, 3.63) is 33.6 Å². The lowest BCUT2D eigenvalue weighted by Crippen LogP contribution is -1.88. The highest BCUT2D eigenvalue weighted by atomic mass is 35.5. The topological polar surface area (TPSA) is 25.4 Å². The minimum atomic E-state index is 0.418. The van der Waals surface area contributed by atoms with Gasteiger partial charge in [0.25, 0.3) is 0 Å². The number of benzene rings is 1. The van der Waals surface area contributed by atoms with Gasteiger partial charge in [-0.1, -0.05) is 35.0 Å². The first-order valence-electron chi connectivity index (χ1n) is 5.38. The molecule has 2 heterocycles. The van der Waals surface area contributed by atoms with E-state index in [1.54, 1.807) is 29.2 Å². The van der Waals surface area contributed by atoms with Crippen molar-refractivity contribution in [1.82, 2.24) is 4.98 Å². The number of halogens is 2. The number of rotatable bonds is 4. The first-order valence-corrected chi connectivity index (χ1v) is 8.00. The van der Waals surface area contributed by atoms with E-state index in [0.717, 1.165) is 28.0 Å². The Morgan fingerprint density at radius 2 is 2.28 bits per heavy atom. The average molecular weight is 318 g/mol. The third-order valence-corrected chi connectivity index (χ3v) is 5.19. The van der Waals surface area contributed by atoms with Gasteiger partial charge in [-0.3, -0.25) is 0 Å². The first kappa shape index (κ1) is 12.8. The van der Waals surface area contributed by atoms with Gasteiger partial charge in [0.15, 0.2) is 4.34 Å². The van der Waals surface area contributed by atoms with Gasteiger partial charge < -0.3 is 4.74 Å². The molecule has 94 valence electrons. The predicted molar refractivity (Wildman–Crippen MR) is 78.0 cm³/mol. The van der Waals surface area contributed by atoms with Crippen LogP contribution in [0.25, 0.3) is 11.3 Å². The Labute approximate surface area is 123 Å². The van der Waals surface area contributed by atoms with Gasteiger partial charge in [0, 0.05) is 21.7 Å². The van der Waals surface area contributed by atoms with Gasteiger partial charge in [0.2, 0.25) is 0 Å². The number of ether oxygens (including phenoxy) is 1. The zero-order chi connectivity index (χ0) is 12.5. The maximum Gasteiger partial charge on any atom is 0.150 e. The lowest BCUT2D eigenvalue weighted by Gasteiger charge is -2.00. The SMILES string of the molecule is Clc1ccc(-c2csc(SCC3CO3)n2)c(Cl)c1. The van der Waals surface area contributed by atoms with Crippen molar-refractivity contribution in [1.29, 1.82) is 0 Å². The van der Waals surface area contributed by atoms with E-state index in [1.807, 2.05) is 17.5 Å². The van der Waals surface area contributed by atoms with Crippen LogP contribution in [0.5, 0.6) is 0 Å². The van der Waals surface area contributed by atoms with E-state index in [9.17, 15) is 0 Å². The highest BCUT2D eigenvalue weighted by molar-refractivity contribution is 8.01. The molecule has 1 saturated heterocycles. The second-order valence-electron chi connectivity index (χ2n) is 3.89. The van der Waals surface area contributed by atoms with E-state index in [1.165, 1.54) is 0 Å². The summed E-state index contributed by atoms with van der Waals surface area (Å²) in [7, 11) is 0. The first-order chi connectivity index (χ1) is 8.72. The summed E-state index contributed by atoms with van der Waals surface area (Å²) in [6.45, 7) is 0.883. The molecule has 0 spiro atoms. The van der Waals surface area contributed by atoms with Gasteiger partial charge in [-0.15, -0.1) is 11.3 Å². The van der Waals surface area contributed by atoms with E-state index in [0.29, 0.717) is 16.1 Å². The van der Waals surface area contributed by atoms with Crippen LogP contribution in [0.3, 0.4) is 0 Å². The van der Waals surface area contributed by atoms with Crippen molar-refractivity contribution in [2.45, 2.75) is 10.4 Å². The summed E-state index contributed by atoms with van der Waals surface area (Å²) in [6.07, 6.45) is 0.418. The standard InChI is InChI=1S/C12H9Cl2NOS2/c13-7-1-2-9(10(14)3-7)11-6-18-12(15-11)17-5-8-4-16-8/h1-3,6,8H,4-5H2. The number of thioether (sulfide) groups is 1. The molecule has 6 heteroatoms. The van der Waals surface area contributed by atoms with Crippen molar-refractivity contribution in [3.8, 4) is 11.3 Å². The summed E-state index contributed by atoms with van der Waals surface area (Å²) < 4.78 is 6.22. The third kappa shape index (κ3) is 3.00. The second-order valence-corrected chi connectivity index (χ2v) is 6.86. The van der Waals surface area contributed by atoms with Crippen LogP contribution in [0, 0.1) is 0 Å². The van der Waals surface area contributed by atoms with Crippen LogP contribution in [0.2, 0.25) is 10.0 Å². The molecule has 2 aromatic rings. The molecule has 3 rings (SSSR count). The quantitative estimate of drug-likeness (QED) is 0.608. The number of epoxide rings is 1. The fourth-order valence-corrected chi connectivity index (χ4v) is 3.83. The Bertz CT molecular complexity index is 569. The Hall–Kier alpha value is -0.260. The molecular weight excluding hydrogens is 309 g/mol. The molecular formula is C12H9Cl2NOS2. The van der Waals surface area contributed by atoms with Crippen molar-refractivity contribution in [2.24, 2.45) is 0 Å². The molecule has 0 bridgehead atoms. The zero-order valence-electron chi connectivity index (χ0n) is 9.23. The van der Waals surface area contributed by atoms with Crippen molar-refractivity contribution < 1.29 is 4.74 Å². The third-order valence-electron chi connectivity index (χ3n) is 2.49. The smallest absolute Gasteiger partial charge is 0.150 e. The van der Waals surface area contributed by atoms with Crippen molar-refractivity contribution in [3.63, 3.8) is 0 Å². The van der Waals surface area contributed by atoms with E-state index in [4.69, 9.17) is 27.9 Å². The van der Waals surface area contributed by atoms with Crippen LogP contribution in [-0.4, -0.2) is 23.4 Å². The molecule has 0 N–H and O–H groups in total. The average Bonchev–Trinajstić information content (AvgIpc) is 3.05. The lowest BCUT2D eigenvalue weighted by atomic mass is 10.2. The normalized spacial score (nSPS) is 18.0. The minimum absolute atomic E-state index is 0.418. The molecule has 1 aliphatic rings. The van der Waals surface area contributed by atoms with Crippen LogP contribution in [0.15, 0.2) is 27.9 Å². The van der Waals surface area contributed by atoms with Gasteiger partial charge in [-0.2, -0.15) is 0 Å². The molecule has 0 radical (unpaired) electrons. The Balaban J connectivity index is 1.78. The zero-order valence-corrected chi connectivity index (χ0v) is 12.4. The summed E-state index contributed by atoms with van der Waals surface area (Å²) >= 11 is 15.4. The second kappa shape index (κ2) is 5.39. The largest absolute Gasteiger partial charge is 0.372 e. The summed E-state index contributed by atoms with van der Waals surface area (Å²) in [6, 6.07) is 5.47. The van der Waals surface area contributed by atoms with E-state index >= 15 is 0 Å². The molecule has 0 saturated carbocycles. The predicted octanol–water partition coefficient (Wildman–Crippen LogP) is 4.61. The van der Waals surface area contributed by atoms with Gasteiger partial charge in [0.05, 0.1) is 23.4 Å². The van der Waals surface area contributed by atoms with E-state index < -0.39 is 0 Å². The number of nitrogens with zero attached hydrogens (tertiary/aromatic N) is 1. The Morgan fingerprint density at radius 3 is 3.00 bits per heavy atom. The fraction of sp³-hybridized carbons (Fsp3) is 0.250. The highest BCUT2D eigenvalue weighted by Crippen LogP contribution is 2.34. The molecule has 0 aliphatic carbocycles. The maximum absolute atomic E-state index is 6.16. The van der Waals surface area contributed by atoms with E-state index in [-0.39, 0.29) is 0 Å². The van der Waals surface area contributed by atoms with Crippen LogP contribution >= 0.6 is 46.3 Å². The monoisotopic (exact) mass is 317 g/mol. The van der Waals surface area contributed by atoms with Crippen LogP contribution < -0.4 is 0 Å². The molecule has 2 nitrogen and oxygen atoms in total. The number of aromatic nitrogens is 1. The molecule has 1 aromatic carbocycles. The summed E-state index contributed by atoms with van der Waals surface area (Å²) in [5.41, 5.74) is 1.83. The van der Waals surface area contributed by atoms with E-state index in [2.05, 4.69) is 4.98 Å². The molecule has 1 aliphatic heterocycles. The van der Waals surface area contributed by atoms with Crippen molar-refractivity contribution >= 4 is 46.3 Å². The lowest BCUT2D eigenvalue weighted by molar-refractivity contribution is 0.426. The highest BCUT2D eigenvalue weighted by Gasteiger charge is 2.23. The number of hydrogen-bond acceptors (Lipinski definition) is 4. The van der Waals surface area contributed by atoms with Gasteiger partial charge in [-0.25, -0.2) is 4.98 Å². The van der Waals surface area contributed by atoms with Gasteiger partial charge >= 0.3 is 0 Å². The Morgan fingerprint density at radius 1 is 1.44 bits per heavy atom. The van der Waals surface area contributed by atoms with Crippen LogP contribution in [-0.2, 0) is 4.74 Å². The summed E-state index contributed by atoms with van der Waals surface area (Å²) in [4.78, 5) is 4.57. The van der Waals surface area contributed by atoms with Gasteiger partial charge in [0.1, 0.15) is 0 Å². The summed E-state index contributed by atoms with van der Waals surface area (Å²) in [5.74, 6) is 0.974. The molecule has 1 unspecified atom stereocenters. The molecule has 1 atom stereocenters. The molecule has 1 aromatic heterocycles. The Kier molecular flexibility index (Phi) is 3.82. The maximum atomic E-state index is 6.16. The summed E-state index contributed by atoms with van der Waals surface area (Å²) in [5, 5.41) is 3.29. The fourth-order valence-electron chi connectivity index (χ4n) is 1.47. The molecule has 18 heavy (non-hydrogen) atoms. The van der Waals surface area contributed by atoms with Crippen molar-refractivity contribution in [2.75, 3.05) is 12.4 Å². The minimum Gasteiger partial charge on any atom is -0.372 e.